The van der Waals surface area contributed by atoms with Crippen LogP contribution in [-0.2, 0) is 11.3 Å². The van der Waals surface area contributed by atoms with Gasteiger partial charge in [0.2, 0.25) is 0 Å². The number of methoxy groups -OCH3 is 1. The first-order chi connectivity index (χ1) is 13.9. The molecule has 0 bridgehead atoms. The molecule has 158 valence electrons. The minimum atomic E-state index is 0.142. The minimum absolute atomic E-state index is 0.142. The predicted molar refractivity (Wildman–Crippen MR) is 120 cm³/mol. The summed E-state index contributed by atoms with van der Waals surface area (Å²) >= 11 is 12.5. The molecule has 0 aromatic heterocycles. The number of morpholine rings is 1. The summed E-state index contributed by atoms with van der Waals surface area (Å²) in [7, 11) is 1.71. The summed E-state index contributed by atoms with van der Waals surface area (Å²) in [6.45, 7) is 10.5. The third kappa shape index (κ3) is 5.44. The van der Waals surface area contributed by atoms with Crippen LogP contribution in [0.2, 0.25) is 10.0 Å². The third-order valence-electron chi connectivity index (χ3n) is 5.77. The van der Waals surface area contributed by atoms with Gasteiger partial charge >= 0.3 is 0 Å². The van der Waals surface area contributed by atoms with Gasteiger partial charge in [-0.25, -0.2) is 0 Å². The lowest BCUT2D eigenvalue weighted by Gasteiger charge is -2.34. The van der Waals surface area contributed by atoms with Crippen molar-refractivity contribution in [3.05, 3.63) is 62.6 Å². The molecule has 0 spiro atoms. The summed E-state index contributed by atoms with van der Waals surface area (Å²) in [6.07, 6.45) is 0.142. The van der Waals surface area contributed by atoms with E-state index in [-0.39, 0.29) is 12.1 Å². The Morgan fingerprint density at radius 3 is 2.76 bits per heavy atom. The van der Waals surface area contributed by atoms with E-state index in [2.05, 4.69) is 37.1 Å². The second-order valence-corrected chi connectivity index (χ2v) is 8.46. The lowest BCUT2D eigenvalue weighted by atomic mass is 9.97. The summed E-state index contributed by atoms with van der Waals surface area (Å²) in [6, 6.07) is 10.2. The molecule has 4 nitrogen and oxygen atoms in total. The predicted octanol–water partition coefficient (Wildman–Crippen LogP) is 5.17. The fourth-order valence-electron chi connectivity index (χ4n) is 3.88. The van der Waals surface area contributed by atoms with Crippen molar-refractivity contribution in [3.63, 3.8) is 0 Å². The number of hydrogen-bond donors (Lipinski definition) is 1. The van der Waals surface area contributed by atoms with Crippen molar-refractivity contribution in [1.82, 2.24) is 10.2 Å². The Morgan fingerprint density at radius 1 is 1.21 bits per heavy atom. The molecule has 1 heterocycles. The van der Waals surface area contributed by atoms with Crippen molar-refractivity contribution in [2.75, 3.05) is 33.4 Å². The number of ether oxygens (including phenoxy) is 2. The van der Waals surface area contributed by atoms with Crippen LogP contribution in [0.3, 0.4) is 0 Å². The number of hydrogen-bond acceptors (Lipinski definition) is 4. The van der Waals surface area contributed by atoms with Crippen LogP contribution in [0.25, 0.3) is 0 Å². The molecule has 6 heteroatoms. The molecule has 1 aliphatic heterocycles. The first-order valence-electron chi connectivity index (χ1n) is 10.0. The summed E-state index contributed by atoms with van der Waals surface area (Å²) in [5.74, 6) is 0.935. The van der Waals surface area contributed by atoms with Gasteiger partial charge < -0.3 is 14.8 Å². The standard InChI is InChI=1S/C23H30Cl2N2O2/c1-15-16(2)22(28-4)9-8-20(15)17(3)26-12-19-14-27(10-11-29-19)13-18-6-5-7-21(24)23(18)25/h5-9,17,19,26H,10-14H2,1-4H3. The van der Waals surface area contributed by atoms with Gasteiger partial charge in [-0.15, -0.1) is 0 Å². The Hall–Kier alpha value is -1.30. The number of benzene rings is 2. The second kappa shape index (κ2) is 10.1. The van der Waals surface area contributed by atoms with Gasteiger partial charge in [0, 0.05) is 32.2 Å². The Morgan fingerprint density at radius 2 is 2.00 bits per heavy atom. The molecule has 1 fully saturated rings. The van der Waals surface area contributed by atoms with Crippen LogP contribution in [0, 0.1) is 13.8 Å². The van der Waals surface area contributed by atoms with E-state index in [1.54, 1.807) is 7.11 Å². The van der Waals surface area contributed by atoms with Crippen LogP contribution in [0.15, 0.2) is 30.3 Å². The average molecular weight is 437 g/mol. The van der Waals surface area contributed by atoms with Gasteiger partial charge in [-0.1, -0.05) is 41.4 Å². The minimum Gasteiger partial charge on any atom is -0.496 e. The topological polar surface area (TPSA) is 33.7 Å². The van der Waals surface area contributed by atoms with Crippen molar-refractivity contribution >= 4 is 23.2 Å². The zero-order valence-corrected chi connectivity index (χ0v) is 19.1. The van der Waals surface area contributed by atoms with Crippen molar-refractivity contribution < 1.29 is 9.47 Å². The molecule has 0 aliphatic carbocycles. The number of rotatable bonds is 7. The summed E-state index contributed by atoms with van der Waals surface area (Å²) in [5, 5.41) is 4.89. The maximum absolute atomic E-state index is 6.36. The molecule has 29 heavy (non-hydrogen) atoms. The van der Waals surface area contributed by atoms with E-state index in [1.165, 1.54) is 16.7 Å². The highest BCUT2D eigenvalue weighted by atomic mass is 35.5. The number of nitrogens with zero attached hydrogens (tertiary/aromatic N) is 1. The highest BCUT2D eigenvalue weighted by Crippen LogP contribution is 2.28. The van der Waals surface area contributed by atoms with Crippen LogP contribution in [0.4, 0.5) is 0 Å². The van der Waals surface area contributed by atoms with Gasteiger partial charge in [-0.2, -0.15) is 0 Å². The molecule has 1 saturated heterocycles. The molecule has 2 atom stereocenters. The quantitative estimate of drug-likeness (QED) is 0.648. The fraction of sp³-hybridized carbons (Fsp3) is 0.478. The molecular weight excluding hydrogens is 407 g/mol. The van der Waals surface area contributed by atoms with Crippen molar-refractivity contribution in [3.8, 4) is 5.75 Å². The van der Waals surface area contributed by atoms with Gasteiger partial charge in [-0.3, -0.25) is 4.90 Å². The van der Waals surface area contributed by atoms with E-state index in [9.17, 15) is 0 Å². The molecule has 2 aromatic carbocycles. The van der Waals surface area contributed by atoms with Crippen LogP contribution >= 0.6 is 23.2 Å². The van der Waals surface area contributed by atoms with Crippen LogP contribution in [-0.4, -0.2) is 44.4 Å². The molecular formula is C23H30Cl2N2O2. The third-order valence-corrected chi connectivity index (χ3v) is 6.62. The average Bonchev–Trinajstić information content (AvgIpc) is 2.72. The van der Waals surface area contributed by atoms with Crippen LogP contribution in [0.1, 0.15) is 35.2 Å². The largest absolute Gasteiger partial charge is 0.496 e. The van der Waals surface area contributed by atoms with E-state index >= 15 is 0 Å². The summed E-state index contributed by atoms with van der Waals surface area (Å²) < 4.78 is 11.4. The maximum Gasteiger partial charge on any atom is 0.122 e. The fourth-order valence-corrected chi connectivity index (χ4v) is 4.26. The van der Waals surface area contributed by atoms with E-state index in [4.69, 9.17) is 32.7 Å². The van der Waals surface area contributed by atoms with E-state index in [0.29, 0.717) is 10.0 Å². The lowest BCUT2D eigenvalue weighted by molar-refractivity contribution is -0.0308. The molecule has 1 N–H and O–H groups in total. The highest BCUT2D eigenvalue weighted by molar-refractivity contribution is 6.42. The molecule has 3 rings (SSSR count). The van der Waals surface area contributed by atoms with Crippen molar-refractivity contribution in [1.29, 1.82) is 0 Å². The Kier molecular flexibility index (Phi) is 7.83. The maximum atomic E-state index is 6.36. The summed E-state index contributed by atoms with van der Waals surface area (Å²) in [5.41, 5.74) is 4.82. The molecule has 1 aliphatic rings. The smallest absolute Gasteiger partial charge is 0.122 e. The lowest BCUT2D eigenvalue weighted by Crippen LogP contribution is -2.46. The Bertz CT molecular complexity index is 844. The van der Waals surface area contributed by atoms with Crippen molar-refractivity contribution in [2.24, 2.45) is 0 Å². The van der Waals surface area contributed by atoms with E-state index in [0.717, 1.165) is 44.1 Å². The van der Waals surface area contributed by atoms with Crippen molar-refractivity contribution in [2.45, 2.75) is 39.5 Å². The zero-order valence-electron chi connectivity index (χ0n) is 17.6. The van der Waals surface area contributed by atoms with Gasteiger partial charge in [0.15, 0.2) is 0 Å². The molecule has 2 unspecified atom stereocenters. The first-order valence-corrected chi connectivity index (χ1v) is 10.8. The van der Waals surface area contributed by atoms with Crippen LogP contribution < -0.4 is 10.1 Å². The molecule has 0 amide bonds. The van der Waals surface area contributed by atoms with Gasteiger partial charge in [-0.05, 0) is 55.2 Å². The van der Waals surface area contributed by atoms with E-state index < -0.39 is 0 Å². The van der Waals surface area contributed by atoms with Gasteiger partial charge in [0.1, 0.15) is 5.75 Å². The van der Waals surface area contributed by atoms with Gasteiger partial charge in [0.25, 0.3) is 0 Å². The van der Waals surface area contributed by atoms with E-state index in [1.807, 2.05) is 24.3 Å². The molecule has 2 aromatic rings. The molecule has 0 saturated carbocycles. The SMILES string of the molecule is COc1ccc(C(C)NCC2CN(Cc3cccc(Cl)c3Cl)CCO2)c(C)c1C. The summed E-state index contributed by atoms with van der Waals surface area (Å²) in [4.78, 5) is 2.38. The first kappa shape index (κ1) is 22.4. The van der Waals surface area contributed by atoms with Gasteiger partial charge in [0.05, 0.1) is 29.9 Å². The molecule has 0 radical (unpaired) electrons. The second-order valence-electron chi connectivity index (χ2n) is 7.68. The van der Waals surface area contributed by atoms with Crippen LogP contribution in [0.5, 0.6) is 5.75 Å². The monoisotopic (exact) mass is 436 g/mol. The zero-order chi connectivity index (χ0) is 21.0. The Labute approximate surface area is 184 Å². The Balaban J connectivity index is 1.57. The number of nitrogens with one attached hydrogen (secondary N) is 1. The highest BCUT2D eigenvalue weighted by Gasteiger charge is 2.22. The normalized spacial score (nSPS) is 18.6. The number of halogens is 2.